The Balaban J connectivity index is 1.63. The topological polar surface area (TPSA) is 41.1 Å². The van der Waals surface area contributed by atoms with Crippen molar-refractivity contribution in [2.45, 2.75) is 51.2 Å². The van der Waals surface area contributed by atoms with Crippen molar-refractivity contribution in [3.8, 4) is 0 Å². The van der Waals surface area contributed by atoms with E-state index in [-0.39, 0.29) is 11.9 Å². The van der Waals surface area contributed by atoms with Gasteiger partial charge in [-0.05, 0) is 36.3 Å². The Hall–Kier alpha value is -1.35. The Morgan fingerprint density at radius 2 is 2.05 bits per heavy atom. The van der Waals surface area contributed by atoms with Gasteiger partial charge in [-0.2, -0.15) is 0 Å². The van der Waals surface area contributed by atoms with Gasteiger partial charge < -0.3 is 10.6 Å². The van der Waals surface area contributed by atoms with Crippen LogP contribution in [0.25, 0.3) is 0 Å². The van der Waals surface area contributed by atoms with Crippen molar-refractivity contribution in [3.63, 3.8) is 0 Å². The third-order valence-electron chi connectivity index (χ3n) is 4.59. The average molecular weight is 258 g/mol. The number of benzene rings is 1. The highest BCUT2D eigenvalue weighted by Gasteiger charge is 2.29. The van der Waals surface area contributed by atoms with Crippen molar-refractivity contribution in [2.75, 3.05) is 0 Å². The van der Waals surface area contributed by atoms with E-state index in [1.165, 1.54) is 24.0 Å². The molecular formula is C16H22N2O. The van der Waals surface area contributed by atoms with Crippen molar-refractivity contribution in [3.05, 3.63) is 35.4 Å². The maximum atomic E-state index is 12.3. The summed E-state index contributed by atoms with van der Waals surface area (Å²) in [6, 6.07) is 8.69. The molecule has 0 radical (unpaired) electrons. The molecule has 3 heteroatoms. The van der Waals surface area contributed by atoms with Gasteiger partial charge in [-0.3, -0.25) is 4.79 Å². The van der Waals surface area contributed by atoms with E-state index < -0.39 is 0 Å². The smallest absolute Gasteiger partial charge is 0.237 e. The molecule has 1 aliphatic heterocycles. The molecule has 1 aromatic rings. The maximum absolute atomic E-state index is 12.3. The van der Waals surface area contributed by atoms with E-state index in [0.29, 0.717) is 12.0 Å². The quantitative estimate of drug-likeness (QED) is 0.852. The second kappa shape index (κ2) is 5.33. The van der Waals surface area contributed by atoms with E-state index in [4.69, 9.17) is 0 Å². The van der Waals surface area contributed by atoms with Gasteiger partial charge in [0.2, 0.25) is 5.91 Å². The van der Waals surface area contributed by atoms with Gasteiger partial charge in [-0.25, -0.2) is 0 Å². The number of rotatable bonds is 2. The predicted molar refractivity (Wildman–Crippen MR) is 75.7 cm³/mol. The zero-order valence-electron chi connectivity index (χ0n) is 11.5. The normalized spacial score (nSPS) is 29.8. The minimum atomic E-state index is -0.0669. The van der Waals surface area contributed by atoms with Gasteiger partial charge in [-0.15, -0.1) is 0 Å². The van der Waals surface area contributed by atoms with Crippen LogP contribution < -0.4 is 10.6 Å². The number of carbonyl (C=O) groups is 1. The first-order valence-corrected chi connectivity index (χ1v) is 7.34. The van der Waals surface area contributed by atoms with Gasteiger partial charge in [0.1, 0.15) is 0 Å². The molecule has 2 aliphatic rings. The summed E-state index contributed by atoms with van der Waals surface area (Å²) in [6.07, 6.45) is 4.43. The van der Waals surface area contributed by atoms with Crippen molar-refractivity contribution >= 4 is 5.91 Å². The van der Waals surface area contributed by atoms with Gasteiger partial charge in [0.25, 0.3) is 0 Å². The van der Waals surface area contributed by atoms with Crippen molar-refractivity contribution in [1.29, 1.82) is 0 Å². The number of carbonyl (C=O) groups excluding carboxylic acids is 1. The lowest BCUT2D eigenvalue weighted by Crippen LogP contribution is -2.50. The molecule has 0 bridgehead atoms. The van der Waals surface area contributed by atoms with Crippen LogP contribution in [0.4, 0.5) is 0 Å². The van der Waals surface area contributed by atoms with E-state index in [1.54, 1.807) is 0 Å². The van der Waals surface area contributed by atoms with E-state index in [0.717, 1.165) is 19.4 Å². The van der Waals surface area contributed by atoms with Crippen LogP contribution in [0.15, 0.2) is 24.3 Å². The summed E-state index contributed by atoms with van der Waals surface area (Å²) in [5, 5.41) is 6.58. The average Bonchev–Trinajstić information content (AvgIpc) is 2.84. The maximum Gasteiger partial charge on any atom is 0.237 e. The minimum Gasteiger partial charge on any atom is -0.352 e. The fourth-order valence-electron chi connectivity index (χ4n) is 3.28. The monoisotopic (exact) mass is 258 g/mol. The second-order valence-electron chi connectivity index (χ2n) is 5.93. The largest absolute Gasteiger partial charge is 0.352 e. The Morgan fingerprint density at radius 1 is 1.26 bits per heavy atom. The summed E-state index contributed by atoms with van der Waals surface area (Å²) in [6.45, 7) is 3.04. The summed E-state index contributed by atoms with van der Waals surface area (Å²) in [4.78, 5) is 12.3. The Labute approximate surface area is 114 Å². The summed E-state index contributed by atoms with van der Waals surface area (Å²) in [5.74, 6) is 0.799. The predicted octanol–water partition coefficient (Wildman–Crippen LogP) is 2.01. The zero-order valence-corrected chi connectivity index (χ0v) is 11.5. The minimum absolute atomic E-state index is 0.0669. The molecule has 0 spiro atoms. The van der Waals surface area contributed by atoms with Gasteiger partial charge in [-0.1, -0.05) is 37.6 Å². The van der Waals surface area contributed by atoms with Gasteiger partial charge in [0, 0.05) is 12.6 Å². The summed E-state index contributed by atoms with van der Waals surface area (Å²) in [5.41, 5.74) is 2.63. The lowest BCUT2D eigenvalue weighted by atomic mass is 9.95. The van der Waals surface area contributed by atoms with E-state index in [1.807, 2.05) is 0 Å². The Morgan fingerprint density at radius 3 is 2.79 bits per heavy atom. The lowest BCUT2D eigenvalue weighted by molar-refractivity contribution is -0.124. The molecular weight excluding hydrogens is 236 g/mol. The SMILES string of the molecule is CC1CCCC1NC(=O)C1Cc2ccccc2CN1. The molecule has 1 saturated carbocycles. The van der Waals surface area contributed by atoms with Gasteiger partial charge >= 0.3 is 0 Å². The molecule has 3 rings (SSSR count). The first kappa shape index (κ1) is 12.7. The van der Waals surface area contributed by atoms with E-state index in [2.05, 4.69) is 41.8 Å². The van der Waals surface area contributed by atoms with Crippen LogP contribution in [0.5, 0.6) is 0 Å². The van der Waals surface area contributed by atoms with Crippen molar-refractivity contribution < 1.29 is 4.79 Å². The van der Waals surface area contributed by atoms with Crippen LogP contribution in [0.1, 0.15) is 37.3 Å². The molecule has 3 atom stereocenters. The molecule has 1 heterocycles. The molecule has 1 aromatic carbocycles. The summed E-state index contributed by atoms with van der Waals surface area (Å²) >= 11 is 0. The van der Waals surface area contributed by atoms with Crippen LogP contribution in [0, 0.1) is 5.92 Å². The Kier molecular flexibility index (Phi) is 3.56. The zero-order chi connectivity index (χ0) is 13.2. The number of hydrogen-bond acceptors (Lipinski definition) is 2. The third-order valence-corrected chi connectivity index (χ3v) is 4.59. The number of amides is 1. The standard InChI is InChI=1S/C16H22N2O/c1-11-5-4-8-14(11)18-16(19)15-9-12-6-2-3-7-13(12)10-17-15/h2-3,6-7,11,14-15,17H,4-5,8-10H2,1H3,(H,18,19). The number of nitrogens with one attached hydrogen (secondary N) is 2. The van der Waals surface area contributed by atoms with Gasteiger partial charge in [0.15, 0.2) is 0 Å². The molecule has 0 saturated heterocycles. The molecule has 1 amide bonds. The molecule has 0 aromatic heterocycles. The van der Waals surface area contributed by atoms with Crippen LogP contribution in [0.3, 0.4) is 0 Å². The summed E-state index contributed by atoms with van der Waals surface area (Å²) in [7, 11) is 0. The van der Waals surface area contributed by atoms with Gasteiger partial charge in [0.05, 0.1) is 6.04 Å². The summed E-state index contributed by atoms with van der Waals surface area (Å²) < 4.78 is 0. The molecule has 19 heavy (non-hydrogen) atoms. The molecule has 3 unspecified atom stereocenters. The lowest BCUT2D eigenvalue weighted by Gasteiger charge is -2.27. The highest BCUT2D eigenvalue weighted by Crippen LogP contribution is 2.25. The van der Waals surface area contributed by atoms with E-state index in [9.17, 15) is 4.79 Å². The highest BCUT2D eigenvalue weighted by atomic mass is 16.2. The highest BCUT2D eigenvalue weighted by molar-refractivity contribution is 5.82. The van der Waals surface area contributed by atoms with Crippen LogP contribution in [-0.2, 0) is 17.8 Å². The first-order chi connectivity index (χ1) is 9.24. The second-order valence-corrected chi connectivity index (χ2v) is 5.93. The number of fused-ring (bicyclic) bond motifs is 1. The van der Waals surface area contributed by atoms with Crippen molar-refractivity contribution in [1.82, 2.24) is 10.6 Å². The molecule has 2 N–H and O–H groups in total. The first-order valence-electron chi connectivity index (χ1n) is 7.34. The Bertz CT molecular complexity index is 472. The molecule has 1 fully saturated rings. The van der Waals surface area contributed by atoms with Crippen LogP contribution in [-0.4, -0.2) is 18.0 Å². The molecule has 3 nitrogen and oxygen atoms in total. The molecule has 102 valence electrons. The van der Waals surface area contributed by atoms with Crippen LogP contribution in [0.2, 0.25) is 0 Å². The molecule has 1 aliphatic carbocycles. The van der Waals surface area contributed by atoms with Crippen molar-refractivity contribution in [2.24, 2.45) is 5.92 Å². The fourth-order valence-corrected chi connectivity index (χ4v) is 3.28. The van der Waals surface area contributed by atoms with Crippen LogP contribution >= 0.6 is 0 Å². The van der Waals surface area contributed by atoms with E-state index >= 15 is 0 Å². The number of hydrogen-bond donors (Lipinski definition) is 2. The third kappa shape index (κ3) is 2.66. The fraction of sp³-hybridized carbons (Fsp3) is 0.562.